The number of nitrogens with zero attached hydrogens (tertiary/aromatic N) is 2. The van der Waals surface area contributed by atoms with Gasteiger partial charge in [0.2, 0.25) is 11.8 Å². The summed E-state index contributed by atoms with van der Waals surface area (Å²) in [5.41, 5.74) is 2.96. The second kappa shape index (κ2) is 9.85. The van der Waals surface area contributed by atoms with Gasteiger partial charge in [0.1, 0.15) is 11.9 Å². The largest absolute Gasteiger partial charge is 0.356 e. The summed E-state index contributed by atoms with van der Waals surface area (Å²) in [5, 5.41) is 8.40. The number of nitrogens with one attached hydrogen (secondary N) is 3. The van der Waals surface area contributed by atoms with Crippen LogP contribution in [0.1, 0.15) is 42.9 Å². The number of rotatable bonds is 8. The summed E-state index contributed by atoms with van der Waals surface area (Å²) >= 11 is 0. The summed E-state index contributed by atoms with van der Waals surface area (Å²) in [6.45, 7) is 5.65. The van der Waals surface area contributed by atoms with E-state index in [0.29, 0.717) is 30.1 Å². The smallest absolute Gasteiger partial charge is 0.254 e. The van der Waals surface area contributed by atoms with Gasteiger partial charge in [-0.2, -0.15) is 0 Å². The minimum atomic E-state index is -0.758. The van der Waals surface area contributed by atoms with E-state index in [1.165, 1.54) is 0 Å². The number of carbonyl (C=O) groups is 3. The molecule has 1 aromatic heterocycles. The fourth-order valence-electron chi connectivity index (χ4n) is 4.08. The number of hydrogen-bond acceptors (Lipinski definition) is 4. The quantitative estimate of drug-likeness (QED) is 0.494. The third-order valence-corrected chi connectivity index (χ3v) is 5.66. The van der Waals surface area contributed by atoms with Gasteiger partial charge in [-0.1, -0.05) is 38.1 Å². The second-order valence-electron chi connectivity index (χ2n) is 8.72. The summed E-state index contributed by atoms with van der Waals surface area (Å²) < 4.78 is 2.22. The molecule has 3 amide bonds. The molecule has 0 saturated carbocycles. The number of aromatic nitrogens is 2. The molecular formula is C25H29N5O3. The first-order chi connectivity index (χ1) is 15.9. The van der Waals surface area contributed by atoms with Gasteiger partial charge in [-0.15, -0.1) is 0 Å². The molecule has 2 heterocycles. The Morgan fingerprint density at radius 2 is 1.88 bits per heavy atom. The van der Waals surface area contributed by atoms with E-state index in [4.69, 9.17) is 4.98 Å². The van der Waals surface area contributed by atoms with Gasteiger partial charge in [0.25, 0.3) is 5.91 Å². The summed E-state index contributed by atoms with van der Waals surface area (Å²) in [7, 11) is 0. The maximum absolute atomic E-state index is 12.5. The Hall–Kier alpha value is -3.68. The van der Waals surface area contributed by atoms with Crippen molar-refractivity contribution in [2.45, 2.75) is 45.7 Å². The van der Waals surface area contributed by atoms with Crippen LogP contribution >= 0.6 is 0 Å². The highest BCUT2D eigenvalue weighted by Crippen LogP contribution is 2.20. The summed E-state index contributed by atoms with van der Waals surface area (Å²) in [6, 6.07) is 14.1. The van der Waals surface area contributed by atoms with E-state index in [9.17, 15) is 14.4 Å². The third-order valence-electron chi connectivity index (χ3n) is 5.66. The third kappa shape index (κ3) is 5.22. The molecule has 4 rings (SSSR count). The Bertz CT molecular complexity index is 1180. The Balaban J connectivity index is 1.31. The standard InChI is InChI=1S/C25H29N5O3/c1-16(2)15-30-21-10-6-5-9-19(21)27-22(30)13-14-26-23(31)12-11-20-25(33)28-18-8-4-3-7-17(18)24(32)29-20/h3-10,16,20H,11-15H2,1-2H3,(H,26,31)(H,28,33)(H,29,32). The molecule has 0 bridgehead atoms. The number of imidazole rings is 1. The molecular weight excluding hydrogens is 418 g/mol. The zero-order valence-electron chi connectivity index (χ0n) is 18.9. The molecule has 0 aliphatic carbocycles. The van der Waals surface area contributed by atoms with Crippen LogP contribution < -0.4 is 16.0 Å². The highest BCUT2D eigenvalue weighted by Gasteiger charge is 2.27. The lowest BCUT2D eigenvalue weighted by molar-refractivity contribution is -0.121. The zero-order valence-corrected chi connectivity index (χ0v) is 18.9. The Kier molecular flexibility index (Phi) is 6.72. The maximum Gasteiger partial charge on any atom is 0.254 e. The minimum Gasteiger partial charge on any atom is -0.356 e. The van der Waals surface area contributed by atoms with Gasteiger partial charge < -0.3 is 20.5 Å². The minimum absolute atomic E-state index is 0.136. The SMILES string of the molecule is CC(C)Cn1c(CCNC(=O)CCC2NC(=O)c3ccccc3NC2=O)nc2ccccc21. The van der Waals surface area contributed by atoms with Crippen LogP contribution in [-0.4, -0.2) is 39.9 Å². The van der Waals surface area contributed by atoms with E-state index in [1.54, 1.807) is 24.3 Å². The zero-order chi connectivity index (χ0) is 23.4. The van der Waals surface area contributed by atoms with Gasteiger partial charge in [-0.25, -0.2) is 4.98 Å². The molecule has 8 heteroatoms. The Morgan fingerprint density at radius 3 is 2.70 bits per heavy atom. The van der Waals surface area contributed by atoms with Crippen molar-refractivity contribution in [1.82, 2.24) is 20.2 Å². The van der Waals surface area contributed by atoms with Crippen LogP contribution in [0.25, 0.3) is 11.0 Å². The van der Waals surface area contributed by atoms with Crippen molar-refractivity contribution in [3.8, 4) is 0 Å². The van der Waals surface area contributed by atoms with Crippen molar-refractivity contribution in [2.24, 2.45) is 5.92 Å². The van der Waals surface area contributed by atoms with Crippen molar-refractivity contribution < 1.29 is 14.4 Å². The van der Waals surface area contributed by atoms with Gasteiger partial charge in [0.15, 0.2) is 0 Å². The summed E-state index contributed by atoms with van der Waals surface area (Å²) in [4.78, 5) is 42.0. The first kappa shape index (κ1) is 22.5. The van der Waals surface area contributed by atoms with E-state index in [0.717, 1.165) is 23.4 Å². The molecule has 0 saturated heterocycles. The molecule has 3 N–H and O–H groups in total. The molecule has 1 aliphatic rings. The van der Waals surface area contributed by atoms with E-state index in [1.807, 2.05) is 18.2 Å². The average Bonchev–Trinajstić information content (AvgIpc) is 3.07. The van der Waals surface area contributed by atoms with Gasteiger partial charge in [0.05, 0.1) is 22.3 Å². The van der Waals surface area contributed by atoms with E-state index in [2.05, 4.69) is 40.4 Å². The number of fused-ring (bicyclic) bond motifs is 2. The van der Waals surface area contributed by atoms with E-state index < -0.39 is 6.04 Å². The van der Waals surface area contributed by atoms with Crippen LogP contribution in [0.4, 0.5) is 5.69 Å². The molecule has 1 unspecified atom stereocenters. The topological polar surface area (TPSA) is 105 Å². The lowest BCUT2D eigenvalue weighted by Gasteiger charge is -2.14. The number of anilines is 1. The highest BCUT2D eigenvalue weighted by atomic mass is 16.2. The monoisotopic (exact) mass is 447 g/mol. The number of carbonyl (C=O) groups excluding carboxylic acids is 3. The van der Waals surface area contributed by atoms with Gasteiger partial charge in [0, 0.05) is 25.9 Å². The van der Waals surface area contributed by atoms with Crippen molar-refractivity contribution in [1.29, 1.82) is 0 Å². The molecule has 1 atom stereocenters. The number of para-hydroxylation sites is 3. The highest BCUT2D eigenvalue weighted by molar-refractivity contribution is 6.09. The number of benzene rings is 2. The first-order valence-electron chi connectivity index (χ1n) is 11.3. The van der Waals surface area contributed by atoms with Crippen LogP contribution in [0.15, 0.2) is 48.5 Å². The van der Waals surface area contributed by atoms with Crippen LogP contribution in [0, 0.1) is 5.92 Å². The van der Waals surface area contributed by atoms with Crippen LogP contribution in [0.2, 0.25) is 0 Å². The number of hydrogen-bond donors (Lipinski definition) is 3. The van der Waals surface area contributed by atoms with Crippen LogP contribution in [0.5, 0.6) is 0 Å². The van der Waals surface area contributed by atoms with Crippen molar-refractivity contribution in [3.63, 3.8) is 0 Å². The fraction of sp³-hybridized carbons (Fsp3) is 0.360. The van der Waals surface area contributed by atoms with Crippen molar-refractivity contribution in [3.05, 3.63) is 59.9 Å². The molecule has 0 radical (unpaired) electrons. The molecule has 33 heavy (non-hydrogen) atoms. The van der Waals surface area contributed by atoms with Crippen LogP contribution in [-0.2, 0) is 22.6 Å². The maximum atomic E-state index is 12.5. The van der Waals surface area contributed by atoms with Crippen molar-refractivity contribution in [2.75, 3.05) is 11.9 Å². The lowest BCUT2D eigenvalue weighted by atomic mass is 10.1. The Morgan fingerprint density at radius 1 is 1.12 bits per heavy atom. The number of amides is 3. The molecule has 0 fully saturated rings. The van der Waals surface area contributed by atoms with Gasteiger partial charge in [-0.3, -0.25) is 14.4 Å². The predicted molar refractivity (Wildman–Crippen MR) is 127 cm³/mol. The molecule has 0 spiro atoms. The Labute approximate surface area is 192 Å². The second-order valence-corrected chi connectivity index (χ2v) is 8.72. The van der Waals surface area contributed by atoms with E-state index >= 15 is 0 Å². The van der Waals surface area contributed by atoms with Gasteiger partial charge >= 0.3 is 0 Å². The summed E-state index contributed by atoms with van der Waals surface area (Å²) in [5.74, 6) is 0.619. The summed E-state index contributed by atoms with van der Waals surface area (Å²) in [6.07, 6.45) is 0.976. The molecule has 172 valence electrons. The first-order valence-corrected chi connectivity index (χ1v) is 11.3. The van der Waals surface area contributed by atoms with Crippen LogP contribution in [0.3, 0.4) is 0 Å². The van der Waals surface area contributed by atoms with Crippen molar-refractivity contribution >= 4 is 34.4 Å². The lowest BCUT2D eigenvalue weighted by Crippen LogP contribution is -2.42. The molecule has 1 aliphatic heterocycles. The fourth-order valence-corrected chi connectivity index (χ4v) is 4.08. The predicted octanol–water partition coefficient (Wildman–Crippen LogP) is 2.88. The molecule has 8 nitrogen and oxygen atoms in total. The normalized spacial score (nSPS) is 15.7. The average molecular weight is 448 g/mol. The van der Waals surface area contributed by atoms with E-state index in [-0.39, 0.29) is 30.6 Å². The molecule has 3 aromatic rings. The molecule has 2 aromatic carbocycles. The van der Waals surface area contributed by atoms with Gasteiger partial charge in [-0.05, 0) is 36.6 Å².